The van der Waals surface area contributed by atoms with Gasteiger partial charge in [0.15, 0.2) is 5.13 Å². The summed E-state index contributed by atoms with van der Waals surface area (Å²) in [6.45, 7) is 12.3. The first-order valence-electron chi connectivity index (χ1n) is 8.01. The summed E-state index contributed by atoms with van der Waals surface area (Å²) >= 11 is 2.91. The van der Waals surface area contributed by atoms with Crippen molar-refractivity contribution in [2.75, 3.05) is 5.32 Å². The molecule has 2 aromatic rings. The zero-order valence-electron chi connectivity index (χ0n) is 15.9. The van der Waals surface area contributed by atoms with E-state index in [9.17, 15) is 9.18 Å². The van der Waals surface area contributed by atoms with Crippen molar-refractivity contribution in [1.82, 2.24) is 4.98 Å². The minimum absolute atomic E-state index is 0.0188. The van der Waals surface area contributed by atoms with E-state index in [2.05, 4.69) is 31.1 Å². The first-order chi connectivity index (χ1) is 12.0. The number of halogens is 1. The van der Waals surface area contributed by atoms with Crippen molar-refractivity contribution in [3.05, 3.63) is 40.7 Å². The average molecular weight is 394 g/mol. The van der Waals surface area contributed by atoms with Crippen LogP contribution in [0.2, 0.25) is 0 Å². The van der Waals surface area contributed by atoms with E-state index >= 15 is 0 Å². The van der Waals surface area contributed by atoms with E-state index in [1.54, 1.807) is 12.1 Å². The molecule has 0 spiro atoms. The fraction of sp³-hybridized carbons (Fsp3) is 0.421. The summed E-state index contributed by atoms with van der Waals surface area (Å²) in [6, 6.07) is 6.47. The fourth-order valence-electron chi connectivity index (χ4n) is 1.72. The van der Waals surface area contributed by atoms with Gasteiger partial charge in [0.05, 0.1) is 17.3 Å². The summed E-state index contributed by atoms with van der Waals surface area (Å²) < 4.78 is 13.4. The van der Waals surface area contributed by atoms with Gasteiger partial charge in [0.2, 0.25) is 6.41 Å². The number of anilines is 1. The molecule has 1 aromatic heterocycles. The number of carbonyl (C=O) groups excluding carboxylic acids is 1. The van der Waals surface area contributed by atoms with Crippen LogP contribution in [0.15, 0.2) is 28.5 Å². The lowest BCUT2D eigenvalue weighted by Gasteiger charge is -2.17. The Kier molecular flexibility index (Phi) is 7.79. The van der Waals surface area contributed by atoms with Gasteiger partial charge in [-0.3, -0.25) is 4.79 Å². The second-order valence-corrected chi connectivity index (χ2v) is 10.2. The Labute approximate surface area is 162 Å². The van der Waals surface area contributed by atoms with E-state index in [4.69, 9.17) is 5.26 Å². The molecular weight excluding hydrogens is 369 g/mol. The van der Waals surface area contributed by atoms with Crippen LogP contribution in [0.25, 0.3) is 0 Å². The van der Waals surface area contributed by atoms with E-state index in [1.807, 2.05) is 32.2 Å². The molecule has 0 fully saturated rings. The molecule has 7 heteroatoms. The van der Waals surface area contributed by atoms with Gasteiger partial charge in [0.25, 0.3) is 0 Å². The van der Waals surface area contributed by atoms with Crippen molar-refractivity contribution in [3.63, 3.8) is 0 Å². The molecule has 1 N–H and O–H groups in total. The van der Waals surface area contributed by atoms with Crippen LogP contribution < -0.4 is 5.32 Å². The van der Waals surface area contributed by atoms with Crippen molar-refractivity contribution < 1.29 is 9.18 Å². The maximum Gasteiger partial charge on any atom is 0.213 e. The lowest BCUT2D eigenvalue weighted by atomic mass is 9.93. The van der Waals surface area contributed by atoms with Gasteiger partial charge in [-0.2, -0.15) is 5.26 Å². The minimum atomic E-state index is -0.316. The van der Waals surface area contributed by atoms with Crippen LogP contribution in [0.4, 0.5) is 9.52 Å². The molecule has 1 amide bonds. The highest BCUT2D eigenvalue weighted by Gasteiger charge is 2.17. The van der Waals surface area contributed by atoms with Crippen LogP contribution in [0.3, 0.4) is 0 Å². The monoisotopic (exact) mass is 393 g/mol. The van der Waals surface area contributed by atoms with Gasteiger partial charge < -0.3 is 5.32 Å². The minimum Gasteiger partial charge on any atom is -0.305 e. The SMILES string of the molecule is CC(C)(C)Sc1ccc(C#N)cc1F.CC(C)(C)c1csc(NC=O)n1. The molecule has 4 nitrogen and oxygen atoms in total. The lowest BCUT2D eigenvalue weighted by Crippen LogP contribution is -2.11. The van der Waals surface area contributed by atoms with Gasteiger partial charge in [-0.15, -0.1) is 23.1 Å². The maximum atomic E-state index is 13.4. The summed E-state index contributed by atoms with van der Waals surface area (Å²) in [6.07, 6.45) is 0.644. The van der Waals surface area contributed by atoms with Crippen LogP contribution in [-0.4, -0.2) is 16.1 Å². The molecule has 0 saturated carbocycles. The summed E-state index contributed by atoms with van der Waals surface area (Å²) in [5.74, 6) is -0.316. The van der Waals surface area contributed by atoms with Crippen LogP contribution in [0.5, 0.6) is 0 Å². The second kappa shape index (κ2) is 9.15. The molecule has 1 heterocycles. The quantitative estimate of drug-likeness (QED) is 0.545. The third-order valence-corrected chi connectivity index (χ3v) is 4.87. The summed E-state index contributed by atoms with van der Waals surface area (Å²) in [5.41, 5.74) is 1.43. The smallest absolute Gasteiger partial charge is 0.213 e. The van der Waals surface area contributed by atoms with Crippen molar-refractivity contribution in [2.24, 2.45) is 0 Å². The Morgan fingerprint density at radius 1 is 1.27 bits per heavy atom. The molecule has 0 bridgehead atoms. The Balaban J connectivity index is 0.000000263. The third-order valence-electron chi connectivity index (χ3n) is 2.93. The third kappa shape index (κ3) is 7.54. The normalized spacial score (nSPS) is 11.2. The maximum absolute atomic E-state index is 13.4. The van der Waals surface area contributed by atoms with Gasteiger partial charge in [0, 0.05) is 20.4 Å². The highest BCUT2D eigenvalue weighted by atomic mass is 32.2. The average Bonchev–Trinajstić information content (AvgIpc) is 2.98. The highest BCUT2D eigenvalue weighted by molar-refractivity contribution is 8.00. The molecular formula is C19H24FN3OS2. The number of thioether (sulfide) groups is 1. The van der Waals surface area contributed by atoms with E-state index in [1.165, 1.54) is 29.2 Å². The highest BCUT2D eigenvalue weighted by Crippen LogP contribution is 2.33. The topological polar surface area (TPSA) is 65.8 Å². The van der Waals surface area contributed by atoms with E-state index in [0.717, 1.165) is 5.69 Å². The number of aromatic nitrogens is 1. The standard InChI is InChI=1S/C11H12FNS.C8H12N2OS/c1-11(2,3)14-10-5-4-8(7-13)6-9(10)12;1-8(2,3)6-4-12-7(10-6)9-5-11/h4-6H,1-3H3;4-5H,1-3H3,(H,9,10,11). The zero-order valence-corrected chi connectivity index (χ0v) is 17.5. The lowest BCUT2D eigenvalue weighted by molar-refractivity contribution is -0.105. The summed E-state index contributed by atoms with van der Waals surface area (Å²) in [7, 11) is 0. The first kappa shape index (κ1) is 22.1. The molecule has 0 radical (unpaired) electrons. The number of benzene rings is 1. The molecule has 26 heavy (non-hydrogen) atoms. The molecule has 0 aliphatic rings. The van der Waals surface area contributed by atoms with Gasteiger partial charge in [-0.05, 0) is 18.2 Å². The number of nitriles is 1. The Hall–Kier alpha value is -1.91. The summed E-state index contributed by atoms with van der Waals surface area (Å²) in [4.78, 5) is 14.9. The second-order valence-electron chi connectivity index (χ2n) is 7.52. The number of carbonyl (C=O) groups is 1. The molecule has 0 aliphatic carbocycles. The summed E-state index contributed by atoms with van der Waals surface area (Å²) in [5, 5.41) is 13.7. The number of nitrogens with zero attached hydrogens (tertiary/aromatic N) is 2. The number of amides is 1. The Morgan fingerprint density at radius 2 is 1.92 bits per heavy atom. The van der Waals surface area contributed by atoms with E-state index in [-0.39, 0.29) is 16.0 Å². The number of hydrogen-bond acceptors (Lipinski definition) is 5. The number of hydrogen-bond donors (Lipinski definition) is 1. The Bertz CT molecular complexity index is 783. The fourth-order valence-corrected chi connectivity index (χ4v) is 3.57. The first-order valence-corrected chi connectivity index (χ1v) is 9.71. The molecule has 0 atom stereocenters. The van der Waals surface area contributed by atoms with Crippen molar-refractivity contribution in [2.45, 2.75) is 56.6 Å². The van der Waals surface area contributed by atoms with Crippen LogP contribution in [-0.2, 0) is 10.2 Å². The van der Waals surface area contributed by atoms with Crippen molar-refractivity contribution >= 4 is 34.6 Å². The Morgan fingerprint density at radius 3 is 2.35 bits per heavy atom. The van der Waals surface area contributed by atoms with Crippen LogP contribution in [0.1, 0.15) is 52.8 Å². The predicted octanol–water partition coefficient (Wildman–Crippen LogP) is 5.60. The molecule has 0 aliphatic heterocycles. The van der Waals surface area contributed by atoms with Crippen LogP contribution >= 0.6 is 23.1 Å². The van der Waals surface area contributed by atoms with Crippen LogP contribution in [0, 0.1) is 17.1 Å². The molecule has 0 unspecified atom stereocenters. The van der Waals surface area contributed by atoms with Gasteiger partial charge in [0.1, 0.15) is 5.82 Å². The van der Waals surface area contributed by atoms with Gasteiger partial charge >= 0.3 is 0 Å². The van der Waals surface area contributed by atoms with E-state index < -0.39 is 0 Å². The zero-order chi connectivity index (χ0) is 20.0. The largest absolute Gasteiger partial charge is 0.305 e. The molecule has 0 saturated heterocycles. The number of rotatable bonds is 3. The predicted molar refractivity (Wildman–Crippen MR) is 107 cm³/mol. The van der Waals surface area contributed by atoms with Crippen molar-refractivity contribution in [1.29, 1.82) is 5.26 Å². The molecule has 1 aromatic carbocycles. The number of nitrogens with one attached hydrogen (secondary N) is 1. The molecule has 140 valence electrons. The number of thiazole rings is 1. The van der Waals surface area contributed by atoms with E-state index in [0.29, 0.717) is 22.0 Å². The van der Waals surface area contributed by atoms with Gasteiger partial charge in [-0.25, -0.2) is 9.37 Å². The molecule has 2 rings (SSSR count). The van der Waals surface area contributed by atoms with Crippen molar-refractivity contribution in [3.8, 4) is 6.07 Å². The van der Waals surface area contributed by atoms with Gasteiger partial charge in [-0.1, -0.05) is 41.5 Å².